The summed E-state index contributed by atoms with van der Waals surface area (Å²) in [6.45, 7) is 3.22. The van der Waals surface area contributed by atoms with Crippen LogP contribution in [0.25, 0.3) is 11.0 Å². The standard InChI is InChI=1S/C20H19FN2O3/c1-11(19(22)24)23-20(25)18-12(2)26-17-8-5-14(10-16(17)18)9-13-3-6-15(21)7-4-13/h3-8,10-11H,9H2,1-2H3,(H2,22,24)(H,23,25). The van der Waals surface area contributed by atoms with Crippen molar-refractivity contribution >= 4 is 22.8 Å². The van der Waals surface area contributed by atoms with Gasteiger partial charge < -0.3 is 15.5 Å². The fraction of sp³-hybridized carbons (Fsp3) is 0.200. The number of primary amides is 1. The van der Waals surface area contributed by atoms with Crippen molar-refractivity contribution in [1.29, 1.82) is 0 Å². The Morgan fingerprint density at radius 2 is 1.81 bits per heavy atom. The zero-order valence-corrected chi connectivity index (χ0v) is 14.5. The molecule has 134 valence electrons. The Morgan fingerprint density at radius 3 is 2.46 bits per heavy atom. The predicted octanol–water partition coefficient (Wildman–Crippen LogP) is 3.07. The van der Waals surface area contributed by atoms with Crippen molar-refractivity contribution in [3.05, 3.63) is 70.7 Å². The largest absolute Gasteiger partial charge is 0.461 e. The quantitative estimate of drug-likeness (QED) is 0.738. The lowest BCUT2D eigenvalue weighted by molar-refractivity contribution is -0.119. The summed E-state index contributed by atoms with van der Waals surface area (Å²) < 4.78 is 18.7. The van der Waals surface area contributed by atoms with Gasteiger partial charge in [-0.05, 0) is 55.7 Å². The van der Waals surface area contributed by atoms with Crippen LogP contribution in [-0.2, 0) is 11.2 Å². The topological polar surface area (TPSA) is 85.3 Å². The molecule has 0 saturated heterocycles. The number of fused-ring (bicyclic) bond motifs is 1. The second-order valence-corrected chi connectivity index (χ2v) is 6.26. The van der Waals surface area contributed by atoms with Crippen LogP contribution in [0.3, 0.4) is 0 Å². The first-order valence-corrected chi connectivity index (χ1v) is 8.22. The first-order chi connectivity index (χ1) is 12.3. The summed E-state index contributed by atoms with van der Waals surface area (Å²) in [5.74, 6) is -0.836. The number of furan rings is 1. The minimum atomic E-state index is -0.783. The van der Waals surface area contributed by atoms with E-state index in [1.165, 1.54) is 19.1 Å². The van der Waals surface area contributed by atoms with E-state index in [4.69, 9.17) is 10.2 Å². The number of nitrogens with one attached hydrogen (secondary N) is 1. The molecule has 0 aliphatic heterocycles. The molecule has 3 rings (SSSR count). The molecule has 2 amide bonds. The number of halogens is 1. The number of carbonyl (C=O) groups excluding carboxylic acids is 2. The molecule has 5 nitrogen and oxygen atoms in total. The fourth-order valence-corrected chi connectivity index (χ4v) is 2.84. The number of carbonyl (C=O) groups is 2. The smallest absolute Gasteiger partial charge is 0.256 e. The molecule has 3 aromatic rings. The van der Waals surface area contributed by atoms with Gasteiger partial charge in [-0.3, -0.25) is 9.59 Å². The Balaban J connectivity index is 1.94. The monoisotopic (exact) mass is 354 g/mol. The van der Waals surface area contributed by atoms with Crippen LogP contribution < -0.4 is 11.1 Å². The molecule has 2 aromatic carbocycles. The van der Waals surface area contributed by atoms with Crippen molar-refractivity contribution in [2.75, 3.05) is 0 Å². The van der Waals surface area contributed by atoms with Gasteiger partial charge in [0.05, 0.1) is 5.56 Å². The van der Waals surface area contributed by atoms with Crippen molar-refractivity contribution in [2.24, 2.45) is 5.73 Å². The summed E-state index contributed by atoms with van der Waals surface area (Å²) in [5, 5.41) is 3.24. The Morgan fingerprint density at radius 1 is 1.15 bits per heavy atom. The van der Waals surface area contributed by atoms with E-state index in [2.05, 4.69) is 5.32 Å². The molecule has 0 aliphatic carbocycles. The molecule has 26 heavy (non-hydrogen) atoms. The summed E-state index contributed by atoms with van der Waals surface area (Å²) in [5.41, 5.74) is 8.09. The van der Waals surface area contributed by atoms with Gasteiger partial charge in [0.2, 0.25) is 5.91 Å². The summed E-state index contributed by atoms with van der Waals surface area (Å²) in [4.78, 5) is 23.7. The van der Waals surface area contributed by atoms with Gasteiger partial charge >= 0.3 is 0 Å². The number of nitrogens with two attached hydrogens (primary N) is 1. The minimum Gasteiger partial charge on any atom is -0.461 e. The van der Waals surface area contributed by atoms with E-state index < -0.39 is 17.9 Å². The molecule has 0 radical (unpaired) electrons. The fourth-order valence-electron chi connectivity index (χ4n) is 2.84. The van der Waals surface area contributed by atoms with E-state index in [9.17, 15) is 14.0 Å². The van der Waals surface area contributed by atoms with E-state index >= 15 is 0 Å². The molecular weight excluding hydrogens is 335 g/mol. The zero-order chi connectivity index (χ0) is 18.8. The normalized spacial score (nSPS) is 12.1. The number of rotatable bonds is 5. The lowest BCUT2D eigenvalue weighted by Crippen LogP contribution is -2.42. The average Bonchev–Trinajstić information content (AvgIpc) is 2.92. The SMILES string of the molecule is Cc1oc2ccc(Cc3ccc(F)cc3)cc2c1C(=O)NC(C)C(N)=O. The molecule has 0 spiro atoms. The summed E-state index contributed by atoms with van der Waals surface area (Å²) in [7, 11) is 0. The van der Waals surface area contributed by atoms with Gasteiger partial charge in [-0.2, -0.15) is 0 Å². The molecular formula is C20H19FN2O3. The van der Waals surface area contributed by atoms with E-state index in [-0.39, 0.29) is 5.82 Å². The minimum absolute atomic E-state index is 0.280. The van der Waals surface area contributed by atoms with Gasteiger partial charge in [-0.15, -0.1) is 0 Å². The molecule has 1 atom stereocenters. The third-order valence-electron chi connectivity index (χ3n) is 4.25. The van der Waals surface area contributed by atoms with Gasteiger partial charge in [0.15, 0.2) is 0 Å². The van der Waals surface area contributed by atoms with Crippen LogP contribution in [-0.4, -0.2) is 17.9 Å². The maximum atomic E-state index is 13.0. The molecule has 6 heteroatoms. The Bertz CT molecular complexity index is 977. The number of benzene rings is 2. The molecule has 1 unspecified atom stereocenters. The Labute approximate surface area is 150 Å². The van der Waals surface area contributed by atoms with Crippen LogP contribution >= 0.6 is 0 Å². The summed E-state index contributed by atoms with van der Waals surface area (Å²) in [6, 6.07) is 11.1. The van der Waals surface area contributed by atoms with Gasteiger partial charge in [-0.25, -0.2) is 4.39 Å². The molecule has 0 bridgehead atoms. The lowest BCUT2D eigenvalue weighted by Gasteiger charge is -2.10. The highest BCUT2D eigenvalue weighted by Gasteiger charge is 2.21. The highest BCUT2D eigenvalue weighted by Crippen LogP contribution is 2.27. The predicted molar refractivity (Wildman–Crippen MR) is 96.3 cm³/mol. The number of amides is 2. The first kappa shape index (κ1) is 17.7. The summed E-state index contributed by atoms with van der Waals surface area (Å²) >= 11 is 0. The number of aryl methyl sites for hydroxylation is 1. The maximum Gasteiger partial charge on any atom is 0.256 e. The van der Waals surface area contributed by atoms with E-state index in [1.807, 2.05) is 12.1 Å². The summed E-state index contributed by atoms with van der Waals surface area (Å²) in [6.07, 6.45) is 0.596. The molecule has 3 N–H and O–H groups in total. The van der Waals surface area contributed by atoms with Crippen LogP contribution in [0.4, 0.5) is 4.39 Å². The molecule has 0 fully saturated rings. The van der Waals surface area contributed by atoms with E-state index in [0.29, 0.717) is 28.7 Å². The third kappa shape index (κ3) is 3.59. The second kappa shape index (κ2) is 7.00. The highest BCUT2D eigenvalue weighted by molar-refractivity contribution is 6.08. The van der Waals surface area contributed by atoms with E-state index in [0.717, 1.165) is 11.1 Å². The lowest BCUT2D eigenvalue weighted by atomic mass is 10.0. The van der Waals surface area contributed by atoms with Crippen molar-refractivity contribution < 1.29 is 18.4 Å². The van der Waals surface area contributed by atoms with Crippen LogP contribution in [0.1, 0.15) is 34.2 Å². The maximum absolute atomic E-state index is 13.0. The second-order valence-electron chi connectivity index (χ2n) is 6.26. The average molecular weight is 354 g/mol. The van der Waals surface area contributed by atoms with Crippen LogP contribution in [0, 0.1) is 12.7 Å². The first-order valence-electron chi connectivity index (χ1n) is 8.22. The van der Waals surface area contributed by atoms with Gasteiger partial charge in [-0.1, -0.05) is 18.2 Å². The molecule has 1 heterocycles. The van der Waals surface area contributed by atoms with E-state index in [1.54, 1.807) is 25.1 Å². The van der Waals surface area contributed by atoms with Crippen molar-refractivity contribution in [3.63, 3.8) is 0 Å². The highest BCUT2D eigenvalue weighted by atomic mass is 19.1. The van der Waals surface area contributed by atoms with Crippen molar-refractivity contribution in [1.82, 2.24) is 5.32 Å². The number of hydrogen-bond acceptors (Lipinski definition) is 3. The third-order valence-corrected chi connectivity index (χ3v) is 4.25. The zero-order valence-electron chi connectivity index (χ0n) is 14.5. The van der Waals surface area contributed by atoms with Crippen LogP contribution in [0.15, 0.2) is 46.9 Å². The molecule has 0 saturated carbocycles. The van der Waals surface area contributed by atoms with Gasteiger partial charge in [0.25, 0.3) is 5.91 Å². The van der Waals surface area contributed by atoms with Crippen LogP contribution in [0.5, 0.6) is 0 Å². The van der Waals surface area contributed by atoms with Crippen LogP contribution in [0.2, 0.25) is 0 Å². The van der Waals surface area contributed by atoms with Crippen molar-refractivity contribution in [2.45, 2.75) is 26.3 Å². The Hall–Kier alpha value is -3.15. The van der Waals surface area contributed by atoms with Gasteiger partial charge in [0.1, 0.15) is 23.2 Å². The van der Waals surface area contributed by atoms with Gasteiger partial charge in [0, 0.05) is 5.39 Å². The van der Waals surface area contributed by atoms with Crippen molar-refractivity contribution in [3.8, 4) is 0 Å². The molecule has 1 aromatic heterocycles. The Kier molecular flexibility index (Phi) is 4.75. The number of hydrogen-bond donors (Lipinski definition) is 2. The molecule has 0 aliphatic rings.